The number of piperidine rings is 1. The second kappa shape index (κ2) is 6.87. The van der Waals surface area contributed by atoms with Crippen molar-refractivity contribution in [2.75, 3.05) is 13.1 Å². The zero-order valence-electron chi connectivity index (χ0n) is 10.3. The van der Waals surface area contributed by atoms with Gasteiger partial charge in [0.15, 0.2) is 0 Å². The summed E-state index contributed by atoms with van der Waals surface area (Å²) in [5.74, 6) is 0. The number of hydrogen-bond donors (Lipinski definition) is 2. The fourth-order valence-electron chi connectivity index (χ4n) is 1.95. The van der Waals surface area contributed by atoms with Gasteiger partial charge in [0, 0.05) is 12.6 Å². The molecule has 1 aromatic rings. The van der Waals surface area contributed by atoms with E-state index in [9.17, 15) is 8.42 Å². The summed E-state index contributed by atoms with van der Waals surface area (Å²) in [5, 5.41) is 11.8. The standard InChI is InChI=1S/C12H15N3O2S.ClH/c13-8-10-3-5-12(6-4-10)18(16,17)15-11-2-1-7-14-9-11;/h3-6,11,14-15H,1-2,7,9H2;1H/t11-;/m1./s1. The summed E-state index contributed by atoms with van der Waals surface area (Å²) < 4.78 is 26.8. The zero-order valence-corrected chi connectivity index (χ0v) is 11.9. The van der Waals surface area contributed by atoms with Crippen LogP contribution in [0.15, 0.2) is 29.2 Å². The molecule has 1 saturated heterocycles. The van der Waals surface area contributed by atoms with Gasteiger partial charge in [0.25, 0.3) is 0 Å². The van der Waals surface area contributed by atoms with Gasteiger partial charge in [0.05, 0.1) is 16.5 Å². The SMILES string of the molecule is Cl.N#Cc1ccc(S(=O)(=O)N[C@@H]2CCCNC2)cc1. The average molecular weight is 302 g/mol. The lowest BCUT2D eigenvalue weighted by Crippen LogP contribution is -2.45. The predicted molar refractivity (Wildman–Crippen MR) is 74.6 cm³/mol. The minimum Gasteiger partial charge on any atom is -0.315 e. The molecule has 1 aromatic carbocycles. The number of nitrogens with zero attached hydrogens (tertiary/aromatic N) is 1. The summed E-state index contributed by atoms with van der Waals surface area (Å²) in [4.78, 5) is 0.201. The molecule has 1 aliphatic heterocycles. The van der Waals surface area contributed by atoms with E-state index in [1.54, 1.807) is 0 Å². The second-order valence-corrected chi connectivity index (χ2v) is 6.01. The van der Waals surface area contributed by atoms with Gasteiger partial charge in [-0.05, 0) is 43.7 Å². The van der Waals surface area contributed by atoms with E-state index in [0.29, 0.717) is 12.1 Å². The molecule has 0 radical (unpaired) electrons. The Labute approximate surface area is 119 Å². The highest BCUT2D eigenvalue weighted by atomic mass is 35.5. The molecule has 2 N–H and O–H groups in total. The van der Waals surface area contributed by atoms with Crippen molar-refractivity contribution in [3.8, 4) is 6.07 Å². The van der Waals surface area contributed by atoms with Crippen molar-refractivity contribution >= 4 is 22.4 Å². The summed E-state index contributed by atoms with van der Waals surface area (Å²) in [7, 11) is -3.48. The van der Waals surface area contributed by atoms with Crippen LogP contribution in [0.3, 0.4) is 0 Å². The molecule has 2 rings (SSSR count). The predicted octanol–water partition coefficient (Wildman–Crippen LogP) is 1.01. The molecule has 0 spiro atoms. The molecular weight excluding hydrogens is 286 g/mol. The molecule has 0 amide bonds. The van der Waals surface area contributed by atoms with Gasteiger partial charge in [-0.25, -0.2) is 13.1 Å². The van der Waals surface area contributed by atoms with Gasteiger partial charge in [-0.1, -0.05) is 0 Å². The summed E-state index contributed by atoms with van der Waals surface area (Å²) in [6.45, 7) is 1.60. The van der Waals surface area contributed by atoms with Crippen molar-refractivity contribution in [2.24, 2.45) is 0 Å². The highest BCUT2D eigenvalue weighted by Gasteiger charge is 2.21. The highest BCUT2D eigenvalue weighted by Crippen LogP contribution is 2.12. The van der Waals surface area contributed by atoms with Crippen LogP contribution in [0.1, 0.15) is 18.4 Å². The lowest BCUT2D eigenvalue weighted by atomic mass is 10.1. The Bertz CT molecular complexity index is 545. The molecule has 1 heterocycles. The molecule has 0 aromatic heterocycles. The van der Waals surface area contributed by atoms with Crippen LogP contribution in [0.25, 0.3) is 0 Å². The molecule has 5 nitrogen and oxygen atoms in total. The highest BCUT2D eigenvalue weighted by molar-refractivity contribution is 7.89. The molecule has 1 fully saturated rings. The fraction of sp³-hybridized carbons (Fsp3) is 0.417. The molecule has 1 atom stereocenters. The van der Waals surface area contributed by atoms with Gasteiger partial charge < -0.3 is 5.32 Å². The molecule has 0 saturated carbocycles. The van der Waals surface area contributed by atoms with Gasteiger partial charge in [-0.3, -0.25) is 0 Å². The van der Waals surface area contributed by atoms with Gasteiger partial charge in [0.1, 0.15) is 0 Å². The monoisotopic (exact) mass is 301 g/mol. The summed E-state index contributed by atoms with van der Waals surface area (Å²) in [5.41, 5.74) is 0.452. The zero-order chi connectivity index (χ0) is 13.0. The van der Waals surface area contributed by atoms with Crippen molar-refractivity contribution in [1.82, 2.24) is 10.0 Å². The maximum absolute atomic E-state index is 12.1. The molecule has 0 bridgehead atoms. The molecule has 1 aliphatic rings. The summed E-state index contributed by atoms with van der Waals surface area (Å²) in [6.07, 6.45) is 1.82. The van der Waals surface area contributed by atoms with Crippen LogP contribution >= 0.6 is 12.4 Å². The van der Waals surface area contributed by atoms with Crippen molar-refractivity contribution in [1.29, 1.82) is 5.26 Å². The lowest BCUT2D eigenvalue weighted by molar-refractivity contribution is 0.428. The molecule has 7 heteroatoms. The Morgan fingerprint density at radius 1 is 1.32 bits per heavy atom. The van der Waals surface area contributed by atoms with Crippen molar-refractivity contribution in [3.05, 3.63) is 29.8 Å². The second-order valence-electron chi connectivity index (χ2n) is 4.30. The smallest absolute Gasteiger partial charge is 0.240 e. The molecule has 104 valence electrons. The fourth-order valence-corrected chi connectivity index (χ4v) is 3.22. The van der Waals surface area contributed by atoms with Crippen molar-refractivity contribution < 1.29 is 8.42 Å². The molecule has 19 heavy (non-hydrogen) atoms. The van der Waals surface area contributed by atoms with E-state index in [-0.39, 0.29) is 23.3 Å². The van der Waals surface area contributed by atoms with Crippen LogP contribution in [0.4, 0.5) is 0 Å². The third kappa shape index (κ3) is 4.18. The van der Waals surface area contributed by atoms with Gasteiger partial charge in [0.2, 0.25) is 10.0 Å². The molecule has 0 unspecified atom stereocenters. The largest absolute Gasteiger partial charge is 0.315 e. The van der Waals surface area contributed by atoms with Crippen LogP contribution in [0.2, 0.25) is 0 Å². The van der Waals surface area contributed by atoms with E-state index in [1.807, 2.05) is 6.07 Å². The minimum absolute atomic E-state index is 0. The quantitative estimate of drug-likeness (QED) is 0.873. The number of hydrogen-bond acceptors (Lipinski definition) is 4. The van der Waals surface area contributed by atoms with Gasteiger partial charge in [-0.15, -0.1) is 12.4 Å². The Kier molecular flexibility index (Phi) is 5.76. The van der Waals surface area contributed by atoms with Gasteiger partial charge in [-0.2, -0.15) is 5.26 Å². The van der Waals surface area contributed by atoms with E-state index >= 15 is 0 Å². The number of sulfonamides is 1. The molecular formula is C12H16ClN3O2S. The number of halogens is 1. The van der Waals surface area contributed by atoms with E-state index < -0.39 is 10.0 Å². The first-order valence-electron chi connectivity index (χ1n) is 5.85. The van der Waals surface area contributed by atoms with Crippen molar-refractivity contribution in [3.63, 3.8) is 0 Å². The number of nitrogens with one attached hydrogen (secondary N) is 2. The van der Waals surface area contributed by atoms with Crippen LogP contribution in [0.5, 0.6) is 0 Å². The van der Waals surface area contributed by atoms with Crippen LogP contribution < -0.4 is 10.0 Å². The van der Waals surface area contributed by atoms with E-state index in [4.69, 9.17) is 5.26 Å². The Balaban J connectivity index is 0.00000180. The van der Waals surface area contributed by atoms with Crippen molar-refractivity contribution in [2.45, 2.75) is 23.8 Å². The minimum atomic E-state index is -3.48. The first-order valence-corrected chi connectivity index (χ1v) is 7.33. The van der Waals surface area contributed by atoms with Crippen LogP contribution in [-0.2, 0) is 10.0 Å². The lowest BCUT2D eigenvalue weighted by Gasteiger charge is -2.23. The number of benzene rings is 1. The number of rotatable bonds is 3. The van der Waals surface area contributed by atoms with Crippen LogP contribution in [0, 0.1) is 11.3 Å². The normalized spacial score (nSPS) is 19.2. The van der Waals surface area contributed by atoms with E-state index in [1.165, 1.54) is 24.3 Å². The third-order valence-electron chi connectivity index (χ3n) is 2.91. The Morgan fingerprint density at radius 3 is 2.53 bits per heavy atom. The maximum Gasteiger partial charge on any atom is 0.240 e. The topological polar surface area (TPSA) is 82.0 Å². The average Bonchev–Trinajstić information content (AvgIpc) is 2.39. The Hall–Kier alpha value is -1.13. The summed E-state index contributed by atoms with van der Waals surface area (Å²) >= 11 is 0. The first kappa shape index (κ1) is 15.9. The summed E-state index contributed by atoms with van der Waals surface area (Å²) in [6, 6.07) is 7.83. The Morgan fingerprint density at radius 2 is 2.00 bits per heavy atom. The first-order chi connectivity index (χ1) is 8.62. The van der Waals surface area contributed by atoms with Crippen LogP contribution in [-0.4, -0.2) is 27.5 Å². The van der Waals surface area contributed by atoms with Gasteiger partial charge >= 0.3 is 0 Å². The number of nitriles is 1. The third-order valence-corrected chi connectivity index (χ3v) is 4.45. The maximum atomic E-state index is 12.1. The van der Waals surface area contributed by atoms with E-state index in [0.717, 1.165) is 19.4 Å². The molecule has 0 aliphatic carbocycles. The van der Waals surface area contributed by atoms with E-state index in [2.05, 4.69) is 10.0 Å².